The van der Waals surface area contributed by atoms with Gasteiger partial charge in [0.2, 0.25) is 0 Å². The molecule has 1 rings (SSSR count). The highest BCUT2D eigenvalue weighted by Gasteiger charge is 2.20. The molecule has 0 aromatic carbocycles. The van der Waals surface area contributed by atoms with E-state index in [0.29, 0.717) is 6.04 Å². The molecule has 0 amide bonds. The predicted molar refractivity (Wildman–Crippen MR) is 64.7 cm³/mol. The lowest BCUT2D eigenvalue weighted by atomic mass is 9.95. The standard InChI is InChI=1S/C13H27NO/c1-3-4-5-9-12-14(15-2)13-10-7-6-8-11-13/h13H,3-12H2,1-2H3. The summed E-state index contributed by atoms with van der Waals surface area (Å²) in [6.07, 6.45) is 12.2. The molecule has 0 aromatic heterocycles. The molecule has 90 valence electrons. The third-order valence-electron chi connectivity index (χ3n) is 3.45. The molecule has 0 aromatic rings. The zero-order chi connectivity index (χ0) is 10.9. The Bertz CT molecular complexity index is 143. The van der Waals surface area contributed by atoms with E-state index in [-0.39, 0.29) is 0 Å². The summed E-state index contributed by atoms with van der Waals surface area (Å²) in [7, 11) is 1.83. The average molecular weight is 213 g/mol. The van der Waals surface area contributed by atoms with Crippen LogP contribution in [-0.4, -0.2) is 24.8 Å². The van der Waals surface area contributed by atoms with Crippen LogP contribution in [0.4, 0.5) is 0 Å². The zero-order valence-corrected chi connectivity index (χ0v) is 10.5. The normalized spacial score (nSPS) is 18.6. The number of nitrogens with zero attached hydrogens (tertiary/aromatic N) is 1. The van der Waals surface area contributed by atoms with E-state index in [0.717, 1.165) is 6.54 Å². The molecular formula is C13H27NO. The third-order valence-corrected chi connectivity index (χ3v) is 3.45. The largest absolute Gasteiger partial charge is 0.302 e. The summed E-state index contributed by atoms with van der Waals surface area (Å²) in [4.78, 5) is 5.50. The minimum Gasteiger partial charge on any atom is -0.302 e. The van der Waals surface area contributed by atoms with Crippen molar-refractivity contribution in [2.45, 2.75) is 70.8 Å². The van der Waals surface area contributed by atoms with Gasteiger partial charge in [-0.25, -0.2) is 0 Å². The Morgan fingerprint density at radius 2 is 1.80 bits per heavy atom. The van der Waals surface area contributed by atoms with Gasteiger partial charge in [0.1, 0.15) is 0 Å². The van der Waals surface area contributed by atoms with Crippen LogP contribution < -0.4 is 0 Å². The molecule has 0 spiro atoms. The highest BCUT2D eigenvalue weighted by Crippen LogP contribution is 2.22. The molecule has 1 aliphatic rings. The van der Waals surface area contributed by atoms with E-state index in [1.807, 2.05) is 7.11 Å². The van der Waals surface area contributed by atoms with Gasteiger partial charge in [0.15, 0.2) is 0 Å². The van der Waals surface area contributed by atoms with Crippen molar-refractivity contribution in [2.75, 3.05) is 13.7 Å². The number of hydroxylamine groups is 2. The third kappa shape index (κ3) is 4.98. The highest BCUT2D eigenvalue weighted by atomic mass is 16.7. The van der Waals surface area contributed by atoms with Crippen molar-refractivity contribution in [2.24, 2.45) is 0 Å². The Kier molecular flexibility index (Phi) is 7.03. The number of hydrogen-bond acceptors (Lipinski definition) is 2. The first-order valence-corrected chi connectivity index (χ1v) is 6.69. The predicted octanol–water partition coefficient (Wildman–Crippen LogP) is 3.76. The summed E-state index contributed by atoms with van der Waals surface area (Å²) in [6.45, 7) is 3.39. The minimum atomic E-state index is 0.699. The van der Waals surface area contributed by atoms with E-state index in [1.54, 1.807) is 0 Å². The highest BCUT2D eigenvalue weighted by molar-refractivity contribution is 4.71. The van der Waals surface area contributed by atoms with Crippen LogP contribution in [0.5, 0.6) is 0 Å². The molecule has 0 aliphatic heterocycles. The molecule has 0 atom stereocenters. The number of hydrogen-bond donors (Lipinski definition) is 0. The van der Waals surface area contributed by atoms with Crippen molar-refractivity contribution < 1.29 is 4.84 Å². The van der Waals surface area contributed by atoms with Gasteiger partial charge in [0.25, 0.3) is 0 Å². The van der Waals surface area contributed by atoms with E-state index >= 15 is 0 Å². The molecule has 1 fully saturated rings. The van der Waals surface area contributed by atoms with Gasteiger partial charge < -0.3 is 4.84 Å². The van der Waals surface area contributed by atoms with E-state index in [1.165, 1.54) is 57.8 Å². The lowest BCUT2D eigenvalue weighted by Crippen LogP contribution is -2.36. The molecule has 0 radical (unpaired) electrons. The second-order valence-electron chi connectivity index (χ2n) is 4.68. The quantitative estimate of drug-likeness (QED) is 0.471. The second kappa shape index (κ2) is 8.12. The summed E-state index contributed by atoms with van der Waals surface area (Å²) in [6, 6.07) is 0.699. The Hall–Kier alpha value is -0.0800. The Morgan fingerprint density at radius 1 is 1.07 bits per heavy atom. The van der Waals surface area contributed by atoms with Crippen molar-refractivity contribution in [1.82, 2.24) is 5.06 Å². The summed E-state index contributed by atoms with van der Waals surface area (Å²) in [5, 5.41) is 2.23. The van der Waals surface area contributed by atoms with Crippen LogP contribution in [0, 0.1) is 0 Å². The van der Waals surface area contributed by atoms with Crippen molar-refractivity contribution in [3.05, 3.63) is 0 Å². The molecule has 2 nitrogen and oxygen atoms in total. The first-order chi connectivity index (χ1) is 7.38. The van der Waals surface area contributed by atoms with Gasteiger partial charge in [-0.3, -0.25) is 0 Å². The van der Waals surface area contributed by atoms with Gasteiger partial charge in [0, 0.05) is 12.6 Å². The van der Waals surface area contributed by atoms with E-state index in [9.17, 15) is 0 Å². The van der Waals surface area contributed by atoms with Crippen molar-refractivity contribution >= 4 is 0 Å². The lowest BCUT2D eigenvalue weighted by molar-refractivity contribution is -0.168. The lowest BCUT2D eigenvalue weighted by Gasteiger charge is -2.32. The zero-order valence-electron chi connectivity index (χ0n) is 10.5. The molecule has 1 aliphatic carbocycles. The molecule has 0 unspecified atom stereocenters. The molecule has 15 heavy (non-hydrogen) atoms. The summed E-state index contributed by atoms with van der Waals surface area (Å²) in [5.74, 6) is 0. The fourth-order valence-corrected chi connectivity index (χ4v) is 2.49. The molecule has 0 bridgehead atoms. The first kappa shape index (κ1) is 13.0. The fourth-order valence-electron chi connectivity index (χ4n) is 2.49. The maximum Gasteiger partial charge on any atom is 0.0575 e. The van der Waals surface area contributed by atoms with Crippen LogP contribution in [-0.2, 0) is 4.84 Å². The molecule has 0 heterocycles. The molecular weight excluding hydrogens is 186 g/mol. The Balaban J connectivity index is 2.15. The van der Waals surface area contributed by atoms with Gasteiger partial charge in [0.05, 0.1) is 7.11 Å². The number of rotatable bonds is 7. The van der Waals surface area contributed by atoms with E-state index in [4.69, 9.17) is 4.84 Å². The van der Waals surface area contributed by atoms with Gasteiger partial charge in [-0.15, -0.1) is 0 Å². The van der Waals surface area contributed by atoms with Crippen LogP contribution in [0.1, 0.15) is 64.7 Å². The van der Waals surface area contributed by atoms with Crippen molar-refractivity contribution in [3.63, 3.8) is 0 Å². The smallest absolute Gasteiger partial charge is 0.0575 e. The SMILES string of the molecule is CCCCCCN(OC)C1CCCCC1. The second-order valence-corrected chi connectivity index (χ2v) is 4.68. The van der Waals surface area contributed by atoms with Crippen LogP contribution in [0.3, 0.4) is 0 Å². The minimum absolute atomic E-state index is 0.699. The maximum absolute atomic E-state index is 5.50. The van der Waals surface area contributed by atoms with Gasteiger partial charge in [-0.2, -0.15) is 5.06 Å². The van der Waals surface area contributed by atoms with Gasteiger partial charge in [-0.1, -0.05) is 45.4 Å². The first-order valence-electron chi connectivity index (χ1n) is 6.69. The Labute approximate surface area is 94.9 Å². The van der Waals surface area contributed by atoms with Crippen LogP contribution >= 0.6 is 0 Å². The average Bonchev–Trinajstić information content (AvgIpc) is 2.30. The molecule has 1 saturated carbocycles. The summed E-state index contributed by atoms with van der Waals surface area (Å²) < 4.78 is 0. The van der Waals surface area contributed by atoms with E-state index in [2.05, 4.69) is 12.0 Å². The van der Waals surface area contributed by atoms with E-state index < -0.39 is 0 Å². The van der Waals surface area contributed by atoms with Gasteiger partial charge in [-0.05, 0) is 19.3 Å². The maximum atomic E-state index is 5.50. The molecule has 2 heteroatoms. The van der Waals surface area contributed by atoms with Gasteiger partial charge >= 0.3 is 0 Å². The van der Waals surface area contributed by atoms with Crippen LogP contribution in [0.25, 0.3) is 0 Å². The topological polar surface area (TPSA) is 12.5 Å². The fraction of sp³-hybridized carbons (Fsp3) is 1.00. The van der Waals surface area contributed by atoms with Crippen LogP contribution in [0.15, 0.2) is 0 Å². The van der Waals surface area contributed by atoms with Crippen molar-refractivity contribution in [3.8, 4) is 0 Å². The molecule has 0 N–H and O–H groups in total. The summed E-state index contributed by atoms with van der Waals surface area (Å²) >= 11 is 0. The monoisotopic (exact) mass is 213 g/mol. The summed E-state index contributed by atoms with van der Waals surface area (Å²) in [5.41, 5.74) is 0. The van der Waals surface area contributed by atoms with Crippen molar-refractivity contribution in [1.29, 1.82) is 0 Å². The Morgan fingerprint density at radius 3 is 2.40 bits per heavy atom. The molecule has 0 saturated heterocycles. The van der Waals surface area contributed by atoms with Crippen LogP contribution in [0.2, 0.25) is 0 Å². The number of unbranched alkanes of at least 4 members (excludes halogenated alkanes) is 3.